The molecule has 136 valence electrons. The van der Waals surface area contributed by atoms with Gasteiger partial charge in [-0.1, -0.05) is 31.4 Å². The predicted octanol–water partition coefficient (Wildman–Crippen LogP) is 3.33. The highest BCUT2D eigenvalue weighted by molar-refractivity contribution is 6.31. The molecule has 1 fully saturated rings. The normalized spacial score (nSPS) is 19.8. The molecule has 0 heterocycles. The van der Waals surface area contributed by atoms with E-state index in [0.717, 1.165) is 19.3 Å². The molecular weight excluding hydrogens is 344 g/mol. The molecule has 7 heteroatoms. The highest BCUT2D eigenvalue weighted by atomic mass is 35.5. The summed E-state index contributed by atoms with van der Waals surface area (Å²) in [6, 6.07) is 4.14. The first-order valence-electron chi connectivity index (χ1n) is 8.40. The number of ketones is 1. The second kappa shape index (κ2) is 8.85. The molecule has 0 aliphatic heterocycles. The van der Waals surface area contributed by atoms with Gasteiger partial charge in [0.2, 0.25) is 0 Å². The molecule has 25 heavy (non-hydrogen) atoms. The molecule has 0 aromatic heterocycles. The standard InChI is InChI=1S/C18H23ClN2O4/c1-11-5-3-4-6-15(11)20-18(24)21-17(23)10-25-16-8-7-13(19)9-14(16)12(2)22/h7-9,11,15H,3-6,10H2,1-2H3,(H2,20,21,23,24)/t11-,15-/m1/s1. The number of carbonyl (C=O) groups excluding carboxylic acids is 3. The van der Waals surface area contributed by atoms with E-state index in [0.29, 0.717) is 16.5 Å². The summed E-state index contributed by atoms with van der Waals surface area (Å²) in [6.45, 7) is 3.12. The zero-order chi connectivity index (χ0) is 18.4. The van der Waals surface area contributed by atoms with Crippen molar-refractivity contribution in [3.05, 3.63) is 28.8 Å². The highest BCUT2D eigenvalue weighted by Gasteiger charge is 2.23. The van der Waals surface area contributed by atoms with Crippen molar-refractivity contribution in [1.82, 2.24) is 10.6 Å². The van der Waals surface area contributed by atoms with Gasteiger partial charge in [0, 0.05) is 11.1 Å². The Bertz CT molecular complexity index is 662. The Labute approximate surface area is 152 Å². The number of carbonyl (C=O) groups is 3. The average molecular weight is 367 g/mol. The summed E-state index contributed by atoms with van der Waals surface area (Å²) in [4.78, 5) is 35.4. The van der Waals surface area contributed by atoms with Gasteiger partial charge in [0.05, 0.1) is 5.56 Å². The molecule has 0 bridgehead atoms. The zero-order valence-corrected chi connectivity index (χ0v) is 15.2. The van der Waals surface area contributed by atoms with Crippen LogP contribution in [0.3, 0.4) is 0 Å². The van der Waals surface area contributed by atoms with Gasteiger partial charge in [0.15, 0.2) is 12.4 Å². The van der Waals surface area contributed by atoms with Crippen molar-refractivity contribution < 1.29 is 19.1 Å². The predicted molar refractivity (Wildman–Crippen MR) is 95.0 cm³/mol. The summed E-state index contributed by atoms with van der Waals surface area (Å²) in [5.41, 5.74) is 0.292. The summed E-state index contributed by atoms with van der Waals surface area (Å²) < 4.78 is 5.36. The van der Waals surface area contributed by atoms with Crippen LogP contribution in [0, 0.1) is 5.92 Å². The fourth-order valence-electron chi connectivity index (χ4n) is 2.94. The molecule has 2 rings (SSSR count). The number of urea groups is 1. The Morgan fingerprint density at radius 3 is 2.64 bits per heavy atom. The van der Waals surface area contributed by atoms with Gasteiger partial charge in [-0.25, -0.2) is 4.79 Å². The number of Topliss-reactive ketones (excluding diaryl/α,β-unsaturated/α-hetero) is 1. The largest absolute Gasteiger partial charge is 0.483 e. The molecule has 3 amide bonds. The van der Waals surface area contributed by atoms with Crippen LogP contribution in [0.25, 0.3) is 0 Å². The molecule has 0 unspecified atom stereocenters. The molecule has 2 atom stereocenters. The minimum atomic E-state index is -0.578. The lowest BCUT2D eigenvalue weighted by Crippen LogP contribution is -2.48. The first-order chi connectivity index (χ1) is 11.9. The van der Waals surface area contributed by atoms with E-state index in [2.05, 4.69) is 17.6 Å². The van der Waals surface area contributed by atoms with Gasteiger partial charge in [-0.05, 0) is 43.9 Å². The molecule has 1 saturated carbocycles. The minimum Gasteiger partial charge on any atom is -0.483 e. The molecule has 2 N–H and O–H groups in total. The quantitative estimate of drug-likeness (QED) is 0.783. The van der Waals surface area contributed by atoms with Crippen LogP contribution >= 0.6 is 11.6 Å². The van der Waals surface area contributed by atoms with E-state index in [9.17, 15) is 14.4 Å². The Hall–Kier alpha value is -2.08. The molecule has 0 radical (unpaired) electrons. The Balaban J connectivity index is 1.84. The second-order valence-electron chi connectivity index (χ2n) is 6.38. The van der Waals surface area contributed by atoms with Crippen LogP contribution in [0.4, 0.5) is 4.79 Å². The van der Waals surface area contributed by atoms with Gasteiger partial charge >= 0.3 is 6.03 Å². The van der Waals surface area contributed by atoms with Crippen LogP contribution in [0.2, 0.25) is 5.02 Å². The number of amides is 3. The van der Waals surface area contributed by atoms with Gasteiger partial charge in [-0.2, -0.15) is 0 Å². The summed E-state index contributed by atoms with van der Waals surface area (Å²) in [5.74, 6) is -0.140. The first kappa shape index (κ1) is 19.2. The number of hydrogen-bond donors (Lipinski definition) is 2. The monoisotopic (exact) mass is 366 g/mol. The average Bonchev–Trinajstić information content (AvgIpc) is 2.55. The van der Waals surface area contributed by atoms with E-state index in [1.54, 1.807) is 6.07 Å². The number of benzene rings is 1. The van der Waals surface area contributed by atoms with Crippen molar-refractivity contribution in [3.8, 4) is 5.75 Å². The summed E-state index contributed by atoms with van der Waals surface area (Å²) in [7, 11) is 0. The lowest BCUT2D eigenvalue weighted by molar-refractivity contribution is -0.122. The van der Waals surface area contributed by atoms with E-state index in [1.165, 1.54) is 25.5 Å². The van der Waals surface area contributed by atoms with Gasteiger partial charge in [-0.15, -0.1) is 0 Å². The van der Waals surface area contributed by atoms with Crippen LogP contribution in [-0.2, 0) is 4.79 Å². The Morgan fingerprint density at radius 1 is 1.24 bits per heavy atom. The molecule has 1 aromatic rings. The van der Waals surface area contributed by atoms with Gasteiger partial charge in [0.25, 0.3) is 5.91 Å². The number of halogens is 1. The molecule has 1 aliphatic carbocycles. The number of ether oxygens (including phenoxy) is 1. The number of hydrogen-bond acceptors (Lipinski definition) is 4. The van der Waals surface area contributed by atoms with Crippen LogP contribution < -0.4 is 15.4 Å². The van der Waals surface area contributed by atoms with E-state index >= 15 is 0 Å². The van der Waals surface area contributed by atoms with E-state index in [-0.39, 0.29) is 24.2 Å². The van der Waals surface area contributed by atoms with Crippen molar-refractivity contribution in [3.63, 3.8) is 0 Å². The van der Waals surface area contributed by atoms with Crippen LogP contribution in [-0.4, -0.2) is 30.4 Å². The van der Waals surface area contributed by atoms with Crippen molar-refractivity contribution in [1.29, 1.82) is 0 Å². The van der Waals surface area contributed by atoms with Crippen molar-refractivity contribution >= 4 is 29.3 Å². The van der Waals surface area contributed by atoms with Crippen LogP contribution in [0.5, 0.6) is 5.75 Å². The number of imide groups is 1. The first-order valence-corrected chi connectivity index (χ1v) is 8.78. The Kier molecular flexibility index (Phi) is 6.82. The summed E-state index contributed by atoms with van der Waals surface area (Å²) >= 11 is 5.86. The zero-order valence-electron chi connectivity index (χ0n) is 14.4. The third kappa shape index (κ3) is 5.74. The van der Waals surface area contributed by atoms with Gasteiger partial charge < -0.3 is 10.1 Å². The maximum Gasteiger partial charge on any atom is 0.321 e. The van der Waals surface area contributed by atoms with Crippen LogP contribution in [0.1, 0.15) is 49.9 Å². The maximum atomic E-state index is 11.9. The number of rotatable bonds is 5. The molecule has 0 saturated heterocycles. The molecular formula is C18H23ClN2O4. The topological polar surface area (TPSA) is 84.5 Å². The lowest BCUT2D eigenvalue weighted by atomic mass is 9.86. The Morgan fingerprint density at radius 2 is 1.96 bits per heavy atom. The SMILES string of the molecule is CC(=O)c1cc(Cl)ccc1OCC(=O)NC(=O)N[C@@H]1CCCC[C@H]1C. The lowest BCUT2D eigenvalue weighted by Gasteiger charge is -2.29. The summed E-state index contributed by atoms with van der Waals surface area (Å²) in [5, 5.41) is 5.50. The van der Waals surface area contributed by atoms with Crippen molar-refractivity contribution in [2.45, 2.75) is 45.6 Å². The smallest absolute Gasteiger partial charge is 0.321 e. The highest BCUT2D eigenvalue weighted by Crippen LogP contribution is 2.24. The van der Waals surface area contributed by atoms with Gasteiger partial charge in [0.1, 0.15) is 5.75 Å². The molecule has 1 aliphatic rings. The van der Waals surface area contributed by atoms with E-state index < -0.39 is 11.9 Å². The maximum absolute atomic E-state index is 11.9. The third-order valence-corrected chi connectivity index (χ3v) is 4.60. The fraction of sp³-hybridized carbons (Fsp3) is 0.500. The fourth-order valence-corrected chi connectivity index (χ4v) is 3.12. The molecule has 6 nitrogen and oxygen atoms in total. The van der Waals surface area contributed by atoms with E-state index in [4.69, 9.17) is 16.3 Å². The van der Waals surface area contributed by atoms with Crippen LogP contribution in [0.15, 0.2) is 18.2 Å². The van der Waals surface area contributed by atoms with Gasteiger partial charge in [-0.3, -0.25) is 14.9 Å². The van der Waals surface area contributed by atoms with Crippen molar-refractivity contribution in [2.75, 3.05) is 6.61 Å². The molecule has 0 spiro atoms. The third-order valence-electron chi connectivity index (χ3n) is 4.36. The second-order valence-corrected chi connectivity index (χ2v) is 6.81. The summed E-state index contributed by atoms with van der Waals surface area (Å²) in [6.07, 6.45) is 4.25. The van der Waals surface area contributed by atoms with Crippen molar-refractivity contribution in [2.24, 2.45) is 5.92 Å². The molecule has 1 aromatic carbocycles. The van der Waals surface area contributed by atoms with E-state index in [1.807, 2.05) is 0 Å². The number of nitrogens with one attached hydrogen (secondary N) is 2. The minimum absolute atomic E-state index is 0.0862.